The molecule has 0 spiro atoms. The van der Waals surface area contributed by atoms with Crippen molar-refractivity contribution in [3.05, 3.63) is 47.5 Å². The molecule has 1 aromatic carbocycles. The third-order valence-electron chi connectivity index (χ3n) is 4.28. The lowest BCUT2D eigenvalue weighted by Crippen LogP contribution is -2.52. The van der Waals surface area contributed by atoms with Gasteiger partial charge in [0.2, 0.25) is 5.91 Å². The van der Waals surface area contributed by atoms with Crippen LogP contribution in [0.15, 0.2) is 42.0 Å². The van der Waals surface area contributed by atoms with Crippen LogP contribution in [0.3, 0.4) is 0 Å². The normalized spacial score (nSPS) is 16.9. The number of carbonyl (C=O) groups is 2. The second kappa shape index (κ2) is 8.64. The molecule has 0 bridgehead atoms. The standard InChI is InChI=1S/C19H26N2O3/c1-15(8-9-17-6-4-3-5-7-17)14-18(23)20-10-12-21(13-11-20)19(24)16(2)22/h3-7,14,16,22H,8-13H2,1-2H3/b15-14-. The molecule has 1 atom stereocenters. The monoisotopic (exact) mass is 330 g/mol. The molecule has 2 rings (SSSR count). The Morgan fingerprint density at radius 1 is 1.12 bits per heavy atom. The molecule has 5 nitrogen and oxygen atoms in total. The van der Waals surface area contributed by atoms with Gasteiger partial charge in [0.05, 0.1) is 0 Å². The molecule has 1 N–H and O–H groups in total. The summed E-state index contributed by atoms with van der Waals surface area (Å²) < 4.78 is 0. The van der Waals surface area contributed by atoms with Crippen LogP contribution >= 0.6 is 0 Å². The average Bonchev–Trinajstić information content (AvgIpc) is 2.60. The zero-order chi connectivity index (χ0) is 17.5. The Morgan fingerprint density at radius 2 is 1.71 bits per heavy atom. The van der Waals surface area contributed by atoms with Crippen LogP contribution in [0.5, 0.6) is 0 Å². The lowest BCUT2D eigenvalue weighted by Gasteiger charge is -2.34. The first-order chi connectivity index (χ1) is 11.5. The smallest absolute Gasteiger partial charge is 0.251 e. The molecule has 24 heavy (non-hydrogen) atoms. The first kappa shape index (κ1) is 18.2. The molecule has 0 radical (unpaired) electrons. The van der Waals surface area contributed by atoms with E-state index >= 15 is 0 Å². The Balaban J connectivity index is 1.81. The van der Waals surface area contributed by atoms with Gasteiger partial charge in [0.25, 0.3) is 5.91 Å². The van der Waals surface area contributed by atoms with Crippen LogP contribution in [0, 0.1) is 0 Å². The van der Waals surface area contributed by atoms with Crippen molar-refractivity contribution in [2.45, 2.75) is 32.8 Å². The maximum Gasteiger partial charge on any atom is 0.251 e. The van der Waals surface area contributed by atoms with E-state index in [0.717, 1.165) is 18.4 Å². The van der Waals surface area contributed by atoms with Crippen LogP contribution in [0.1, 0.15) is 25.8 Å². The topological polar surface area (TPSA) is 60.9 Å². The third-order valence-corrected chi connectivity index (χ3v) is 4.28. The van der Waals surface area contributed by atoms with Crippen molar-refractivity contribution >= 4 is 11.8 Å². The van der Waals surface area contributed by atoms with Crippen molar-refractivity contribution in [2.24, 2.45) is 0 Å². The van der Waals surface area contributed by atoms with Crippen LogP contribution in [0.2, 0.25) is 0 Å². The molecule has 1 heterocycles. The van der Waals surface area contributed by atoms with E-state index in [-0.39, 0.29) is 11.8 Å². The molecule has 0 saturated carbocycles. The molecule has 1 aliphatic heterocycles. The first-order valence-corrected chi connectivity index (χ1v) is 8.44. The molecule has 1 saturated heterocycles. The van der Waals surface area contributed by atoms with Crippen molar-refractivity contribution < 1.29 is 14.7 Å². The number of amides is 2. The fraction of sp³-hybridized carbons (Fsp3) is 0.474. The van der Waals surface area contributed by atoms with E-state index in [1.54, 1.807) is 15.9 Å². The fourth-order valence-corrected chi connectivity index (χ4v) is 2.77. The van der Waals surface area contributed by atoms with Gasteiger partial charge in [-0.25, -0.2) is 0 Å². The van der Waals surface area contributed by atoms with Gasteiger partial charge in [-0.1, -0.05) is 35.9 Å². The van der Waals surface area contributed by atoms with Crippen molar-refractivity contribution in [2.75, 3.05) is 26.2 Å². The van der Waals surface area contributed by atoms with Gasteiger partial charge in [0.1, 0.15) is 6.10 Å². The predicted octanol–water partition coefficient (Wildman–Crippen LogP) is 1.62. The molecule has 1 unspecified atom stereocenters. The van der Waals surface area contributed by atoms with Gasteiger partial charge in [-0.15, -0.1) is 0 Å². The van der Waals surface area contributed by atoms with Crippen LogP contribution in [-0.2, 0) is 16.0 Å². The maximum absolute atomic E-state index is 12.3. The van der Waals surface area contributed by atoms with E-state index < -0.39 is 6.10 Å². The van der Waals surface area contributed by atoms with Crippen molar-refractivity contribution in [3.63, 3.8) is 0 Å². The average molecular weight is 330 g/mol. The molecule has 2 amide bonds. The number of nitrogens with zero attached hydrogens (tertiary/aromatic N) is 2. The lowest BCUT2D eigenvalue weighted by atomic mass is 10.1. The Hall–Kier alpha value is -2.14. The number of piperazine rings is 1. The minimum Gasteiger partial charge on any atom is -0.384 e. The summed E-state index contributed by atoms with van der Waals surface area (Å²) >= 11 is 0. The highest BCUT2D eigenvalue weighted by molar-refractivity contribution is 5.88. The molecule has 5 heteroatoms. The van der Waals surface area contributed by atoms with Gasteiger partial charge in [-0.05, 0) is 32.3 Å². The van der Waals surface area contributed by atoms with Crippen molar-refractivity contribution in [1.82, 2.24) is 9.80 Å². The maximum atomic E-state index is 12.3. The number of carbonyl (C=O) groups excluding carboxylic acids is 2. The number of allylic oxidation sites excluding steroid dienone is 1. The number of benzene rings is 1. The Bertz CT molecular complexity index is 588. The summed E-state index contributed by atoms with van der Waals surface area (Å²) in [6, 6.07) is 10.2. The molecule has 0 aliphatic carbocycles. The molecular formula is C19H26N2O3. The highest BCUT2D eigenvalue weighted by Gasteiger charge is 2.25. The van der Waals surface area contributed by atoms with E-state index in [2.05, 4.69) is 12.1 Å². The molecular weight excluding hydrogens is 304 g/mol. The molecule has 130 valence electrons. The Labute approximate surface area is 143 Å². The van der Waals surface area contributed by atoms with Gasteiger partial charge in [0, 0.05) is 32.3 Å². The largest absolute Gasteiger partial charge is 0.384 e. The Morgan fingerprint density at radius 3 is 2.29 bits per heavy atom. The summed E-state index contributed by atoms with van der Waals surface area (Å²) in [6.07, 6.45) is 2.51. The Kier molecular flexibility index (Phi) is 6.55. The van der Waals surface area contributed by atoms with Crippen LogP contribution in [-0.4, -0.2) is 59.0 Å². The highest BCUT2D eigenvalue weighted by Crippen LogP contribution is 2.10. The van der Waals surface area contributed by atoms with E-state index in [0.29, 0.717) is 26.2 Å². The predicted molar refractivity (Wildman–Crippen MR) is 93.4 cm³/mol. The van der Waals surface area contributed by atoms with Gasteiger partial charge in [-0.3, -0.25) is 9.59 Å². The quantitative estimate of drug-likeness (QED) is 0.835. The minimum atomic E-state index is -0.979. The van der Waals surface area contributed by atoms with Gasteiger partial charge < -0.3 is 14.9 Å². The second-order valence-corrected chi connectivity index (χ2v) is 6.30. The lowest BCUT2D eigenvalue weighted by molar-refractivity contribution is -0.143. The molecule has 0 aromatic heterocycles. The SMILES string of the molecule is C/C(=C/C(=O)N1CCN(C(=O)C(C)O)CC1)CCc1ccccc1. The minimum absolute atomic E-state index is 0.00436. The van der Waals surface area contributed by atoms with Gasteiger partial charge >= 0.3 is 0 Å². The second-order valence-electron chi connectivity index (χ2n) is 6.30. The van der Waals surface area contributed by atoms with Crippen molar-refractivity contribution in [1.29, 1.82) is 0 Å². The van der Waals surface area contributed by atoms with Gasteiger partial charge in [0.15, 0.2) is 0 Å². The van der Waals surface area contributed by atoms with Crippen molar-refractivity contribution in [3.8, 4) is 0 Å². The summed E-state index contributed by atoms with van der Waals surface area (Å²) in [7, 11) is 0. The number of hydrogen-bond acceptors (Lipinski definition) is 3. The van der Waals surface area contributed by atoms with E-state index in [4.69, 9.17) is 0 Å². The van der Waals surface area contributed by atoms with Crippen LogP contribution in [0.4, 0.5) is 0 Å². The first-order valence-electron chi connectivity index (χ1n) is 8.44. The van der Waals surface area contributed by atoms with E-state index in [9.17, 15) is 14.7 Å². The fourth-order valence-electron chi connectivity index (χ4n) is 2.77. The number of hydrogen-bond donors (Lipinski definition) is 1. The zero-order valence-corrected chi connectivity index (χ0v) is 14.4. The molecule has 1 fully saturated rings. The number of aliphatic hydroxyl groups is 1. The summed E-state index contributed by atoms with van der Waals surface area (Å²) in [4.78, 5) is 27.4. The summed E-state index contributed by atoms with van der Waals surface area (Å²) in [6.45, 7) is 5.44. The third kappa shape index (κ3) is 5.20. The zero-order valence-electron chi connectivity index (χ0n) is 14.4. The molecule has 1 aromatic rings. The summed E-state index contributed by atoms with van der Waals surface area (Å²) in [5.74, 6) is -0.263. The molecule has 1 aliphatic rings. The number of aliphatic hydroxyl groups excluding tert-OH is 1. The van der Waals surface area contributed by atoms with E-state index in [1.807, 2.05) is 25.1 Å². The van der Waals surface area contributed by atoms with Crippen LogP contribution < -0.4 is 0 Å². The van der Waals surface area contributed by atoms with Crippen LogP contribution in [0.25, 0.3) is 0 Å². The highest BCUT2D eigenvalue weighted by atomic mass is 16.3. The summed E-state index contributed by atoms with van der Waals surface area (Å²) in [5, 5.41) is 9.34. The number of aryl methyl sites for hydroxylation is 1. The summed E-state index contributed by atoms with van der Waals surface area (Å²) in [5.41, 5.74) is 2.33. The van der Waals surface area contributed by atoms with Gasteiger partial charge in [-0.2, -0.15) is 0 Å². The number of rotatable bonds is 5. The van der Waals surface area contributed by atoms with E-state index in [1.165, 1.54) is 12.5 Å².